The fraction of sp³-hybridized carbons (Fsp3) is 0.278. The molecule has 0 bridgehead atoms. The van der Waals surface area contributed by atoms with Crippen LogP contribution in [-0.4, -0.2) is 72.3 Å². The highest BCUT2D eigenvalue weighted by atomic mass is 16.8. The maximum Gasteiger partial charge on any atom is 0.338 e. The molecule has 2 aliphatic heterocycles. The number of benzene rings is 3. The first kappa shape index (κ1) is 31.7. The van der Waals surface area contributed by atoms with Gasteiger partial charge in [0.1, 0.15) is 12.7 Å². The predicted molar refractivity (Wildman–Crippen MR) is 169 cm³/mol. The number of hydrogen-bond donors (Lipinski definition) is 0. The third-order valence-electron chi connectivity index (χ3n) is 8.19. The fourth-order valence-corrected chi connectivity index (χ4v) is 5.73. The zero-order valence-corrected chi connectivity index (χ0v) is 25.7. The molecule has 3 aromatic carbocycles. The van der Waals surface area contributed by atoms with Gasteiger partial charge in [0.25, 0.3) is 11.8 Å². The molecular formula is C36H34N2O9. The van der Waals surface area contributed by atoms with E-state index in [0.717, 1.165) is 29.7 Å². The van der Waals surface area contributed by atoms with Gasteiger partial charge in [-0.15, -0.1) is 4.73 Å². The summed E-state index contributed by atoms with van der Waals surface area (Å²) in [4.78, 5) is 60.8. The van der Waals surface area contributed by atoms with Gasteiger partial charge >= 0.3 is 17.9 Å². The van der Waals surface area contributed by atoms with Crippen molar-refractivity contribution < 1.29 is 38.2 Å². The van der Waals surface area contributed by atoms with Crippen LogP contribution in [0.2, 0.25) is 0 Å². The number of pyridine rings is 1. The number of nitrogens with zero attached hydrogens (tertiary/aromatic N) is 2. The highest BCUT2D eigenvalue weighted by Gasteiger charge is 2.52. The Morgan fingerprint density at radius 3 is 1.85 bits per heavy atom. The van der Waals surface area contributed by atoms with Gasteiger partial charge in [-0.3, -0.25) is 9.69 Å². The lowest BCUT2D eigenvalue weighted by Crippen LogP contribution is -2.45. The first-order valence-corrected chi connectivity index (χ1v) is 15.4. The molecule has 0 amide bonds. The van der Waals surface area contributed by atoms with E-state index in [0.29, 0.717) is 5.56 Å². The third-order valence-corrected chi connectivity index (χ3v) is 8.19. The predicted octanol–water partition coefficient (Wildman–Crippen LogP) is 4.08. The van der Waals surface area contributed by atoms with Gasteiger partial charge in [-0.1, -0.05) is 60.7 Å². The molecule has 2 saturated heterocycles. The van der Waals surface area contributed by atoms with Crippen LogP contribution in [0.1, 0.15) is 55.5 Å². The molecule has 0 saturated carbocycles. The molecule has 3 heterocycles. The summed E-state index contributed by atoms with van der Waals surface area (Å²) >= 11 is 0. The maximum atomic E-state index is 13.4. The van der Waals surface area contributed by atoms with E-state index < -0.39 is 48.1 Å². The van der Waals surface area contributed by atoms with Crippen molar-refractivity contribution in [3.8, 4) is 0 Å². The Hall–Kier alpha value is -5.26. The summed E-state index contributed by atoms with van der Waals surface area (Å²) in [5, 5.41) is 0. The normalized spacial score (nSPS) is 22.4. The minimum atomic E-state index is -1.43. The minimum absolute atomic E-state index is 0.0892. The zero-order chi connectivity index (χ0) is 32.8. The number of esters is 3. The van der Waals surface area contributed by atoms with Crippen molar-refractivity contribution in [2.24, 2.45) is 0 Å². The van der Waals surface area contributed by atoms with Crippen LogP contribution in [-0.2, 0) is 18.9 Å². The van der Waals surface area contributed by atoms with E-state index in [1.807, 2.05) is 7.05 Å². The van der Waals surface area contributed by atoms with Crippen LogP contribution in [0.4, 0.5) is 0 Å². The molecule has 242 valence electrons. The molecule has 11 heteroatoms. The van der Waals surface area contributed by atoms with E-state index in [2.05, 4.69) is 4.90 Å². The molecule has 0 aliphatic carbocycles. The lowest BCUT2D eigenvalue weighted by molar-refractivity contribution is -0.174. The largest absolute Gasteiger partial charge is 0.459 e. The smallest absolute Gasteiger partial charge is 0.338 e. The van der Waals surface area contributed by atoms with Gasteiger partial charge in [-0.2, -0.15) is 0 Å². The number of carbonyl (C=O) groups excluding carboxylic acids is 3. The maximum absolute atomic E-state index is 13.4. The van der Waals surface area contributed by atoms with Gasteiger partial charge in [0, 0.05) is 12.1 Å². The highest BCUT2D eigenvalue weighted by Crippen LogP contribution is 2.31. The monoisotopic (exact) mass is 638 g/mol. The van der Waals surface area contributed by atoms with Crippen LogP contribution in [0.15, 0.2) is 114 Å². The van der Waals surface area contributed by atoms with Crippen LogP contribution in [0.25, 0.3) is 0 Å². The number of carbonyl (C=O) groups is 3. The van der Waals surface area contributed by atoms with Crippen molar-refractivity contribution in [2.45, 2.75) is 43.5 Å². The van der Waals surface area contributed by atoms with Crippen LogP contribution in [0, 0.1) is 0 Å². The Kier molecular flexibility index (Phi) is 9.75. The van der Waals surface area contributed by atoms with Crippen LogP contribution >= 0.6 is 0 Å². The molecule has 0 spiro atoms. The first-order chi connectivity index (χ1) is 22.9. The Morgan fingerprint density at radius 2 is 1.30 bits per heavy atom. The van der Waals surface area contributed by atoms with Gasteiger partial charge in [-0.25, -0.2) is 14.4 Å². The summed E-state index contributed by atoms with van der Waals surface area (Å²) < 4.78 is 24.6. The second-order valence-corrected chi connectivity index (χ2v) is 11.3. The number of ether oxygens (including phenoxy) is 4. The Morgan fingerprint density at radius 1 is 0.745 bits per heavy atom. The Bertz CT molecular complexity index is 1750. The van der Waals surface area contributed by atoms with Crippen molar-refractivity contribution in [2.75, 3.05) is 20.2 Å². The lowest BCUT2D eigenvalue weighted by Gasteiger charge is -2.25. The molecule has 0 radical (unpaired) electrons. The molecule has 4 aromatic rings. The summed E-state index contributed by atoms with van der Waals surface area (Å²) in [6.45, 7) is 0.549. The third kappa shape index (κ3) is 7.43. The van der Waals surface area contributed by atoms with E-state index in [1.54, 1.807) is 103 Å². The molecule has 2 aliphatic rings. The minimum Gasteiger partial charge on any atom is -0.459 e. The van der Waals surface area contributed by atoms with Crippen molar-refractivity contribution in [1.29, 1.82) is 0 Å². The summed E-state index contributed by atoms with van der Waals surface area (Å²) in [6, 6.07) is 28.1. The molecular weight excluding hydrogens is 604 g/mol. The van der Waals surface area contributed by atoms with Gasteiger partial charge in [0.05, 0.1) is 22.9 Å². The second-order valence-electron chi connectivity index (χ2n) is 11.3. The zero-order valence-electron chi connectivity index (χ0n) is 25.7. The highest BCUT2D eigenvalue weighted by molar-refractivity contribution is 5.91. The van der Waals surface area contributed by atoms with Crippen LogP contribution < -0.4 is 10.4 Å². The Labute approximate surface area is 271 Å². The van der Waals surface area contributed by atoms with Crippen molar-refractivity contribution in [3.05, 3.63) is 142 Å². The first-order valence-electron chi connectivity index (χ1n) is 15.4. The van der Waals surface area contributed by atoms with Gasteiger partial charge in [-0.05, 0) is 68.4 Å². The molecule has 0 unspecified atom stereocenters. The quantitative estimate of drug-likeness (QED) is 0.186. The van der Waals surface area contributed by atoms with Crippen LogP contribution in [0.5, 0.6) is 0 Å². The molecule has 11 nitrogen and oxygen atoms in total. The van der Waals surface area contributed by atoms with E-state index in [1.165, 1.54) is 6.07 Å². The van der Waals surface area contributed by atoms with Crippen molar-refractivity contribution in [1.82, 2.24) is 9.63 Å². The average molecular weight is 639 g/mol. The van der Waals surface area contributed by atoms with Gasteiger partial charge < -0.3 is 23.8 Å². The number of rotatable bonds is 10. The molecule has 0 N–H and O–H groups in total. The van der Waals surface area contributed by atoms with Crippen LogP contribution in [0.3, 0.4) is 0 Å². The molecule has 47 heavy (non-hydrogen) atoms. The van der Waals surface area contributed by atoms with Gasteiger partial charge in [0.15, 0.2) is 6.10 Å². The van der Waals surface area contributed by atoms with E-state index >= 15 is 0 Å². The van der Waals surface area contributed by atoms with Gasteiger partial charge in [0.2, 0.25) is 6.10 Å². The standard InChI is InChI=1S/C36H34N2O9/c1-37-21-11-18-28(37)27-19-20-30(39)38(22-27)47-36-32(46-35(42)26-16-9-4-10-17-26)31(45-34(41)25-14-7-3-8-15-25)29(44-36)23-43-33(40)24-12-5-2-6-13-24/h2-10,12-17,19-20,22,28-29,31-32,36H,11,18,21,23H2,1H3/t28-,29-,31-,32-,36+/m1/s1. The topological polar surface area (TPSA) is 123 Å². The number of aromatic nitrogens is 1. The number of hydrogen-bond acceptors (Lipinski definition) is 10. The average Bonchev–Trinajstić information content (AvgIpc) is 3.68. The van der Waals surface area contributed by atoms with E-state index in [4.69, 9.17) is 23.8 Å². The summed E-state index contributed by atoms with van der Waals surface area (Å²) in [5.41, 5.74) is 1.17. The molecule has 6 rings (SSSR count). The van der Waals surface area contributed by atoms with E-state index in [9.17, 15) is 19.2 Å². The SMILES string of the molecule is CN1CCC[C@@H]1c1ccc(=O)n(O[C@@H]2O[C@H](COC(=O)c3ccccc3)[C@@H](OC(=O)c3ccccc3)[C@H]2OC(=O)c2ccccc2)c1. The molecule has 5 atom stereocenters. The van der Waals surface area contributed by atoms with Crippen molar-refractivity contribution >= 4 is 17.9 Å². The Balaban J connectivity index is 1.32. The van der Waals surface area contributed by atoms with E-state index in [-0.39, 0.29) is 23.8 Å². The summed E-state index contributed by atoms with van der Waals surface area (Å²) in [6.07, 6.45) is -1.69. The lowest BCUT2D eigenvalue weighted by atomic mass is 10.1. The summed E-state index contributed by atoms with van der Waals surface area (Å²) in [5.74, 6) is -2.08. The fourth-order valence-electron chi connectivity index (χ4n) is 5.73. The second kappa shape index (κ2) is 14.4. The number of likely N-dealkylation sites (tertiary alicyclic amines) is 1. The summed E-state index contributed by atoms with van der Waals surface area (Å²) in [7, 11) is 2.01. The van der Waals surface area contributed by atoms with Crippen molar-refractivity contribution in [3.63, 3.8) is 0 Å². The molecule has 2 fully saturated rings. The molecule has 1 aromatic heterocycles.